The van der Waals surface area contributed by atoms with Crippen LogP contribution in [0.4, 0.5) is 0 Å². The van der Waals surface area contributed by atoms with E-state index in [0.29, 0.717) is 19.7 Å². The molecule has 1 heterocycles. The SMILES string of the molecule is Cc1cccc(OCCNC(=O)CN2CC=C(c3ccccc3)CC2)c1. The average Bonchev–Trinajstić information content (AvgIpc) is 2.67. The fourth-order valence-corrected chi connectivity index (χ4v) is 3.09. The Balaban J connectivity index is 1.36. The summed E-state index contributed by atoms with van der Waals surface area (Å²) in [5.41, 5.74) is 3.82. The van der Waals surface area contributed by atoms with Crippen LogP contribution in [0.2, 0.25) is 0 Å². The molecular weight excluding hydrogens is 324 g/mol. The fraction of sp³-hybridized carbons (Fsp3) is 0.318. The Morgan fingerprint density at radius 1 is 1.15 bits per heavy atom. The van der Waals surface area contributed by atoms with E-state index in [9.17, 15) is 4.79 Å². The van der Waals surface area contributed by atoms with Gasteiger partial charge in [-0.15, -0.1) is 0 Å². The van der Waals surface area contributed by atoms with Gasteiger partial charge in [0.25, 0.3) is 0 Å². The maximum absolute atomic E-state index is 12.1. The summed E-state index contributed by atoms with van der Waals surface area (Å²) in [7, 11) is 0. The first-order valence-electron chi connectivity index (χ1n) is 9.14. The molecule has 0 saturated heterocycles. The first kappa shape index (κ1) is 18.2. The molecule has 0 bridgehead atoms. The third-order valence-electron chi connectivity index (χ3n) is 4.49. The number of carbonyl (C=O) groups excluding carboxylic acids is 1. The second kappa shape index (κ2) is 9.20. The lowest BCUT2D eigenvalue weighted by molar-refractivity contribution is -0.122. The van der Waals surface area contributed by atoms with E-state index in [0.717, 1.165) is 25.3 Å². The van der Waals surface area contributed by atoms with E-state index in [1.165, 1.54) is 16.7 Å². The largest absolute Gasteiger partial charge is 0.492 e. The zero-order valence-electron chi connectivity index (χ0n) is 15.3. The minimum absolute atomic E-state index is 0.0504. The highest BCUT2D eigenvalue weighted by Gasteiger charge is 2.15. The van der Waals surface area contributed by atoms with E-state index in [2.05, 4.69) is 40.6 Å². The Labute approximate surface area is 155 Å². The molecule has 0 spiro atoms. The van der Waals surface area contributed by atoms with Crippen molar-refractivity contribution in [2.24, 2.45) is 0 Å². The van der Waals surface area contributed by atoms with E-state index in [1.807, 2.05) is 37.3 Å². The molecule has 0 aliphatic carbocycles. The number of nitrogens with zero attached hydrogens (tertiary/aromatic N) is 1. The minimum atomic E-state index is 0.0504. The van der Waals surface area contributed by atoms with Crippen molar-refractivity contribution in [1.82, 2.24) is 10.2 Å². The van der Waals surface area contributed by atoms with E-state index < -0.39 is 0 Å². The fourth-order valence-electron chi connectivity index (χ4n) is 3.09. The average molecular weight is 350 g/mol. The van der Waals surface area contributed by atoms with Crippen LogP contribution in [-0.4, -0.2) is 43.6 Å². The molecule has 0 saturated carbocycles. The monoisotopic (exact) mass is 350 g/mol. The second-order valence-electron chi connectivity index (χ2n) is 6.60. The van der Waals surface area contributed by atoms with Crippen LogP contribution in [0.3, 0.4) is 0 Å². The highest BCUT2D eigenvalue weighted by molar-refractivity contribution is 5.78. The maximum atomic E-state index is 12.1. The summed E-state index contributed by atoms with van der Waals surface area (Å²) in [5, 5.41) is 2.93. The number of hydrogen-bond acceptors (Lipinski definition) is 3. The summed E-state index contributed by atoms with van der Waals surface area (Å²) in [6, 6.07) is 18.4. The lowest BCUT2D eigenvalue weighted by atomic mass is 10.00. The molecule has 1 aliphatic heterocycles. The van der Waals surface area contributed by atoms with Crippen molar-refractivity contribution in [2.45, 2.75) is 13.3 Å². The zero-order valence-corrected chi connectivity index (χ0v) is 15.3. The number of benzene rings is 2. The van der Waals surface area contributed by atoms with Gasteiger partial charge in [0.2, 0.25) is 5.91 Å². The number of nitrogens with one attached hydrogen (secondary N) is 1. The molecule has 2 aromatic carbocycles. The number of ether oxygens (including phenoxy) is 1. The number of amides is 1. The first-order valence-corrected chi connectivity index (χ1v) is 9.14. The number of carbonyl (C=O) groups is 1. The van der Waals surface area contributed by atoms with Crippen molar-refractivity contribution in [3.8, 4) is 5.75 Å². The molecule has 2 aromatic rings. The summed E-state index contributed by atoms with van der Waals surface area (Å²) in [5.74, 6) is 0.892. The van der Waals surface area contributed by atoms with Gasteiger partial charge in [-0.05, 0) is 42.2 Å². The summed E-state index contributed by atoms with van der Waals surface area (Å²) in [6.45, 7) is 5.19. The van der Waals surface area contributed by atoms with Crippen LogP contribution in [0, 0.1) is 6.92 Å². The van der Waals surface area contributed by atoms with Crippen LogP contribution >= 0.6 is 0 Å². The number of rotatable bonds is 7. The molecular formula is C22H26N2O2. The van der Waals surface area contributed by atoms with Crippen LogP contribution in [0.15, 0.2) is 60.7 Å². The predicted octanol–water partition coefficient (Wildman–Crippen LogP) is 3.28. The molecule has 1 aliphatic rings. The first-order chi connectivity index (χ1) is 12.7. The molecule has 1 N–H and O–H groups in total. The van der Waals surface area contributed by atoms with Crippen molar-refractivity contribution in [2.75, 3.05) is 32.8 Å². The van der Waals surface area contributed by atoms with Gasteiger partial charge in [0.05, 0.1) is 13.1 Å². The lowest BCUT2D eigenvalue weighted by Crippen LogP contribution is -2.40. The van der Waals surface area contributed by atoms with Crippen molar-refractivity contribution >= 4 is 11.5 Å². The van der Waals surface area contributed by atoms with Crippen molar-refractivity contribution in [3.63, 3.8) is 0 Å². The summed E-state index contributed by atoms with van der Waals surface area (Å²) in [6.07, 6.45) is 3.21. The molecule has 26 heavy (non-hydrogen) atoms. The molecule has 4 nitrogen and oxygen atoms in total. The van der Waals surface area contributed by atoms with Gasteiger partial charge in [-0.3, -0.25) is 9.69 Å². The van der Waals surface area contributed by atoms with Gasteiger partial charge in [-0.25, -0.2) is 0 Å². The van der Waals surface area contributed by atoms with E-state index >= 15 is 0 Å². The zero-order chi connectivity index (χ0) is 18.2. The highest BCUT2D eigenvalue weighted by atomic mass is 16.5. The van der Waals surface area contributed by atoms with Gasteiger partial charge in [0, 0.05) is 13.1 Å². The van der Waals surface area contributed by atoms with Crippen LogP contribution in [0.25, 0.3) is 5.57 Å². The lowest BCUT2D eigenvalue weighted by Gasteiger charge is -2.25. The summed E-state index contributed by atoms with van der Waals surface area (Å²) >= 11 is 0. The summed E-state index contributed by atoms with van der Waals surface area (Å²) in [4.78, 5) is 14.3. The van der Waals surface area contributed by atoms with Gasteiger partial charge in [0.1, 0.15) is 12.4 Å². The molecule has 0 unspecified atom stereocenters. The smallest absolute Gasteiger partial charge is 0.234 e. The Morgan fingerprint density at radius 3 is 2.73 bits per heavy atom. The van der Waals surface area contributed by atoms with Gasteiger partial charge in [-0.1, -0.05) is 48.5 Å². The third-order valence-corrected chi connectivity index (χ3v) is 4.49. The van der Waals surface area contributed by atoms with Crippen LogP contribution in [0.5, 0.6) is 5.75 Å². The Hall–Kier alpha value is -2.59. The molecule has 0 atom stereocenters. The van der Waals surface area contributed by atoms with Gasteiger partial charge in [-0.2, -0.15) is 0 Å². The van der Waals surface area contributed by atoms with E-state index in [1.54, 1.807) is 0 Å². The molecule has 1 amide bonds. The minimum Gasteiger partial charge on any atom is -0.492 e. The van der Waals surface area contributed by atoms with Crippen LogP contribution in [0.1, 0.15) is 17.5 Å². The summed E-state index contributed by atoms with van der Waals surface area (Å²) < 4.78 is 5.65. The van der Waals surface area contributed by atoms with Crippen LogP contribution in [-0.2, 0) is 4.79 Å². The van der Waals surface area contributed by atoms with E-state index in [-0.39, 0.29) is 5.91 Å². The van der Waals surface area contributed by atoms with Gasteiger partial charge in [0.15, 0.2) is 0 Å². The van der Waals surface area contributed by atoms with Crippen LogP contribution < -0.4 is 10.1 Å². The second-order valence-corrected chi connectivity index (χ2v) is 6.60. The topological polar surface area (TPSA) is 41.6 Å². The predicted molar refractivity (Wildman–Crippen MR) is 105 cm³/mol. The van der Waals surface area contributed by atoms with Crippen molar-refractivity contribution in [3.05, 3.63) is 71.8 Å². The molecule has 3 rings (SSSR count). The molecule has 4 heteroatoms. The number of aryl methyl sites for hydroxylation is 1. The molecule has 0 aromatic heterocycles. The molecule has 136 valence electrons. The number of hydrogen-bond donors (Lipinski definition) is 1. The normalized spacial score (nSPS) is 14.6. The standard InChI is InChI=1S/C22H26N2O2/c1-18-6-5-9-21(16-18)26-15-12-23-22(25)17-24-13-10-20(11-14-24)19-7-3-2-4-8-19/h2-10,16H,11-15,17H2,1H3,(H,23,25). The Morgan fingerprint density at radius 2 is 2.00 bits per heavy atom. The molecule has 0 fully saturated rings. The van der Waals surface area contributed by atoms with Crippen molar-refractivity contribution in [1.29, 1.82) is 0 Å². The van der Waals surface area contributed by atoms with E-state index in [4.69, 9.17) is 4.74 Å². The van der Waals surface area contributed by atoms with Gasteiger partial charge >= 0.3 is 0 Å². The highest BCUT2D eigenvalue weighted by Crippen LogP contribution is 2.21. The maximum Gasteiger partial charge on any atom is 0.234 e. The third kappa shape index (κ3) is 5.46. The quantitative estimate of drug-likeness (QED) is 0.779. The van der Waals surface area contributed by atoms with Gasteiger partial charge < -0.3 is 10.1 Å². The van der Waals surface area contributed by atoms with Crippen molar-refractivity contribution < 1.29 is 9.53 Å². The Bertz CT molecular complexity index is 756. The molecule has 0 radical (unpaired) electrons. The Kier molecular flexibility index (Phi) is 6.45.